The second kappa shape index (κ2) is 32.3. The number of aliphatic hydroxyl groups excluding tert-OH is 1. The summed E-state index contributed by atoms with van der Waals surface area (Å²) >= 11 is 8.72. The molecule has 0 spiro atoms. The van der Waals surface area contributed by atoms with Crippen LogP contribution < -0.4 is 24.5 Å². The minimum absolute atomic E-state index is 0.0107. The molecule has 2 atom stereocenters. The van der Waals surface area contributed by atoms with Gasteiger partial charge in [-0.05, 0) is 146 Å². The number of halogens is 4. The molecule has 438 valence electrons. The Labute approximate surface area is 492 Å². The van der Waals surface area contributed by atoms with E-state index in [1.807, 2.05) is 91.9 Å². The van der Waals surface area contributed by atoms with Crippen molar-refractivity contribution in [1.82, 2.24) is 24.5 Å². The van der Waals surface area contributed by atoms with E-state index in [4.69, 9.17) is 26.0 Å². The molecule has 2 unspecified atom stereocenters. The zero-order valence-electron chi connectivity index (χ0n) is 47.2. The summed E-state index contributed by atoms with van der Waals surface area (Å²) in [6.07, 6.45) is 0.900. The highest BCUT2D eigenvalue weighted by atomic mass is 35.5. The van der Waals surface area contributed by atoms with Crippen LogP contribution in [0.25, 0.3) is 5.57 Å². The maximum absolute atomic E-state index is 14.9. The number of piperazine rings is 2. The molecule has 81 heavy (non-hydrogen) atoms. The van der Waals surface area contributed by atoms with Gasteiger partial charge in [0, 0.05) is 128 Å². The van der Waals surface area contributed by atoms with Crippen molar-refractivity contribution < 1.29 is 37.1 Å². The standard InChI is InChI=1S/C59H72ClF3N7O4PS2.C3H8O/c1-4-73-56(71)41-64-75(74-50-11-7-5-8-12-50)38-37-68-31-29-67(30-32-68)28-26-48(43-76-51-13-9-6-10-14-51)65-55-24-23-52(39-54(55)59(61,62)63)77-66-57(72)45-17-21-49(22-18-45)70-35-33-69(34-36-70)42-46-40-58(2,3)27-25-53(46)44-15-19-47(60)20-16-44;1-2-3-4/h5-24,39,48,64-65H,4,25-38,40-43H2,1-3H3,(H,66,72);4H,2-3H2,1H3. The minimum atomic E-state index is -4.64. The van der Waals surface area contributed by atoms with Gasteiger partial charge in [-0.3, -0.25) is 24.3 Å². The first-order chi connectivity index (χ1) is 39.1. The van der Waals surface area contributed by atoms with Gasteiger partial charge in [0.2, 0.25) is 0 Å². The first kappa shape index (κ1) is 63.8. The number of benzene rings is 5. The maximum Gasteiger partial charge on any atom is 0.418 e. The summed E-state index contributed by atoms with van der Waals surface area (Å²) in [6.45, 7) is 18.5. The van der Waals surface area contributed by atoms with E-state index in [2.05, 4.69) is 60.7 Å². The highest BCUT2D eigenvalue weighted by Crippen LogP contribution is 2.43. The molecule has 2 fully saturated rings. The first-order valence-electron chi connectivity index (χ1n) is 28.2. The average Bonchev–Trinajstić information content (AvgIpc) is 3.59. The number of para-hydroxylation sites is 1. The van der Waals surface area contributed by atoms with Gasteiger partial charge in [-0.1, -0.05) is 86.5 Å². The molecule has 1 amide bonds. The third kappa shape index (κ3) is 21.1. The molecule has 0 bridgehead atoms. The largest absolute Gasteiger partial charge is 0.465 e. The van der Waals surface area contributed by atoms with Crippen molar-refractivity contribution in [1.29, 1.82) is 0 Å². The smallest absolute Gasteiger partial charge is 0.418 e. The van der Waals surface area contributed by atoms with Crippen LogP contribution in [0.2, 0.25) is 5.02 Å². The lowest BCUT2D eigenvalue weighted by molar-refractivity contribution is -0.141. The molecule has 0 saturated carbocycles. The third-order valence-corrected chi connectivity index (χ3v) is 18.3. The monoisotopic (exact) mass is 1190 g/mol. The van der Waals surface area contributed by atoms with Crippen LogP contribution in [0.3, 0.4) is 0 Å². The van der Waals surface area contributed by atoms with Crippen molar-refractivity contribution in [2.75, 3.05) is 114 Å². The van der Waals surface area contributed by atoms with Gasteiger partial charge >= 0.3 is 12.1 Å². The highest BCUT2D eigenvalue weighted by molar-refractivity contribution is 7.99. The van der Waals surface area contributed by atoms with Crippen molar-refractivity contribution in [3.63, 3.8) is 0 Å². The number of carbonyl (C=O) groups is 2. The lowest BCUT2D eigenvalue weighted by atomic mass is 9.73. The van der Waals surface area contributed by atoms with Gasteiger partial charge in [0.15, 0.2) is 8.30 Å². The van der Waals surface area contributed by atoms with E-state index in [1.165, 1.54) is 22.8 Å². The van der Waals surface area contributed by atoms with Crippen LogP contribution in [-0.4, -0.2) is 141 Å². The molecule has 2 saturated heterocycles. The lowest BCUT2D eigenvalue weighted by Crippen LogP contribution is -2.48. The van der Waals surface area contributed by atoms with Crippen LogP contribution in [0.15, 0.2) is 143 Å². The van der Waals surface area contributed by atoms with Gasteiger partial charge in [-0.25, -0.2) is 0 Å². The Balaban J connectivity index is 0.00000229. The number of nitrogens with one attached hydrogen (secondary N) is 3. The van der Waals surface area contributed by atoms with Crippen LogP contribution in [-0.2, 0) is 15.7 Å². The number of amides is 1. The Morgan fingerprint density at radius 3 is 2.09 bits per heavy atom. The zero-order chi connectivity index (χ0) is 57.6. The Morgan fingerprint density at radius 1 is 0.802 bits per heavy atom. The Hall–Kier alpha value is -4.81. The summed E-state index contributed by atoms with van der Waals surface area (Å²) in [5.74, 6) is 0.608. The van der Waals surface area contributed by atoms with Gasteiger partial charge in [0.1, 0.15) is 12.3 Å². The van der Waals surface area contributed by atoms with E-state index in [1.54, 1.807) is 36.9 Å². The number of hydrogen-bond donors (Lipinski definition) is 4. The van der Waals surface area contributed by atoms with Crippen molar-refractivity contribution in [3.05, 3.63) is 155 Å². The Morgan fingerprint density at radius 2 is 1.44 bits per heavy atom. The van der Waals surface area contributed by atoms with Crippen molar-refractivity contribution in [2.24, 2.45) is 5.41 Å². The van der Waals surface area contributed by atoms with E-state index in [0.717, 1.165) is 143 Å². The van der Waals surface area contributed by atoms with Gasteiger partial charge in [-0.2, -0.15) is 13.2 Å². The van der Waals surface area contributed by atoms with Crippen LogP contribution >= 0.6 is 43.6 Å². The summed E-state index contributed by atoms with van der Waals surface area (Å²) in [4.78, 5) is 36.5. The zero-order valence-corrected chi connectivity index (χ0v) is 50.5. The molecule has 12 nitrogen and oxygen atoms in total. The summed E-state index contributed by atoms with van der Waals surface area (Å²) in [6, 6.07) is 39.1. The highest BCUT2D eigenvalue weighted by Gasteiger charge is 2.35. The number of anilines is 2. The predicted molar refractivity (Wildman–Crippen MR) is 329 cm³/mol. The molecule has 19 heteroatoms. The molecule has 0 radical (unpaired) electrons. The number of allylic oxidation sites excluding steroid dienone is 1. The minimum Gasteiger partial charge on any atom is -0.465 e. The number of ether oxygens (including phenoxy) is 1. The molecule has 5 aromatic rings. The van der Waals surface area contributed by atoms with Gasteiger partial charge in [0.25, 0.3) is 5.91 Å². The van der Waals surface area contributed by atoms with Crippen LogP contribution in [0, 0.1) is 5.41 Å². The van der Waals surface area contributed by atoms with Crippen LogP contribution in [0.5, 0.6) is 5.75 Å². The number of thioether (sulfide) groups is 1. The molecular formula is C62H80ClF3N7O5PS2. The number of aliphatic hydroxyl groups is 1. The fourth-order valence-corrected chi connectivity index (χ4v) is 13.2. The van der Waals surface area contributed by atoms with Crippen molar-refractivity contribution in [2.45, 2.75) is 81.8 Å². The van der Waals surface area contributed by atoms with Crippen molar-refractivity contribution in [3.8, 4) is 5.75 Å². The first-order valence-corrected chi connectivity index (χ1v) is 31.8. The third-order valence-electron chi connectivity index (χ3n) is 14.5. The molecular weight excluding hydrogens is 1110 g/mol. The molecule has 2 heterocycles. The SMILES string of the molecule is CCCO.CCOC(=O)CNP(CCN1CCN(CCC(CSc2ccccc2)Nc2ccc(SNC(=O)c3ccc(N4CCN(CC5=C(c6ccc(Cl)cc6)CCC(C)(C)C5)CC4)cc3)cc2C(F)(F)F)CC1)Oc1ccccc1. The molecule has 3 aliphatic rings. The molecule has 8 rings (SSSR count). The van der Waals surface area contributed by atoms with E-state index in [9.17, 15) is 22.8 Å². The number of carbonyl (C=O) groups excluding carboxylic acids is 2. The lowest BCUT2D eigenvalue weighted by Gasteiger charge is -2.39. The van der Waals surface area contributed by atoms with E-state index >= 15 is 0 Å². The number of hydrogen-bond acceptors (Lipinski definition) is 13. The van der Waals surface area contributed by atoms with Crippen molar-refractivity contribution >= 4 is 72.4 Å². The molecule has 1 aliphatic carbocycles. The predicted octanol–water partition coefficient (Wildman–Crippen LogP) is 13.1. The van der Waals surface area contributed by atoms with E-state index < -0.39 is 20.0 Å². The summed E-state index contributed by atoms with van der Waals surface area (Å²) in [5.41, 5.74) is 5.20. The number of nitrogens with zero attached hydrogens (tertiary/aromatic N) is 4. The summed E-state index contributed by atoms with van der Waals surface area (Å²) in [7, 11) is -1.14. The average molecular weight is 1190 g/mol. The van der Waals surface area contributed by atoms with E-state index in [-0.39, 0.29) is 40.5 Å². The molecule has 5 aromatic carbocycles. The van der Waals surface area contributed by atoms with E-state index in [0.29, 0.717) is 31.0 Å². The second-order valence-electron chi connectivity index (χ2n) is 21.3. The fourth-order valence-electron chi connectivity index (χ4n) is 10.0. The second-order valence-corrected chi connectivity index (χ2v) is 25.4. The summed E-state index contributed by atoms with van der Waals surface area (Å²) < 4.78 is 58.8. The van der Waals surface area contributed by atoms with Gasteiger partial charge in [-0.15, -0.1) is 11.8 Å². The summed E-state index contributed by atoms with van der Waals surface area (Å²) in [5, 5.41) is 15.2. The van der Waals surface area contributed by atoms with Crippen LogP contribution in [0.1, 0.15) is 81.3 Å². The molecule has 0 aromatic heterocycles. The normalized spacial score (nSPS) is 16.9. The quantitative estimate of drug-likeness (QED) is 0.0192. The fraction of sp³-hybridized carbons (Fsp3) is 0.452. The number of rotatable bonds is 25. The van der Waals surface area contributed by atoms with Gasteiger partial charge in [0.05, 0.1) is 12.2 Å². The topological polar surface area (TPSA) is 122 Å². The van der Waals surface area contributed by atoms with Gasteiger partial charge < -0.3 is 34.4 Å². The molecule has 2 aliphatic heterocycles. The Kier molecular flexibility index (Phi) is 25.4. The molecule has 4 N–H and O–H groups in total. The van der Waals surface area contributed by atoms with Crippen LogP contribution in [0.4, 0.5) is 24.5 Å². The Bertz CT molecular complexity index is 2740. The number of esters is 1. The maximum atomic E-state index is 14.9. The number of alkyl halides is 3.